The van der Waals surface area contributed by atoms with Crippen LogP contribution in [-0.2, 0) is 9.84 Å². The minimum atomic E-state index is -3.00. The first-order chi connectivity index (χ1) is 5.50. The van der Waals surface area contributed by atoms with Gasteiger partial charge in [-0.3, -0.25) is 0 Å². The van der Waals surface area contributed by atoms with Crippen LogP contribution in [0.4, 0.5) is 0 Å². The van der Waals surface area contributed by atoms with Gasteiger partial charge in [0.15, 0.2) is 9.84 Å². The number of hydrogen-bond acceptors (Lipinski definition) is 3. The molecule has 0 saturated heterocycles. The molecule has 0 amide bonds. The lowest BCUT2D eigenvalue weighted by Crippen LogP contribution is -2.29. The summed E-state index contributed by atoms with van der Waals surface area (Å²) in [5.41, 5.74) is 5.30. The van der Waals surface area contributed by atoms with Crippen LogP contribution in [0.3, 0.4) is 0 Å². The van der Waals surface area contributed by atoms with E-state index in [9.17, 15) is 8.42 Å². The van der Waals surface area contributed by atoms with Gasteiger partial charge in [-0.25, -0.2) is 8.42 Å². The molecular weight excluding hydrogens is 174 g/mol. The van der Waals surface area contributed by atoms with Crippen molar-refractivity contribution in [1.82, 2.24) is 0 Å². The van der Waals surface area contributed by atoms with E-state index >= 15 is 0 Å². The van der Waals surface area contributed by atoms with Crippen LogP contribution in [0.15, 0.2) is 0 Å². The van der Waals surface area contributed by atoms with Crippen LogP contribution in [0.25, 0.3) is 0 Å². The molecule has 0 aromatic rings. The van der Waals surface area contributed by atoms with Gasteiger partial charge in [0.2, 0.25) is 0 Å². The van der Waals surface area contributed by atoms with E-state index in [1.807, 2.05) is 0 Å². The van der Waals surface area contributed by atoms with Crippen LogP contribution in [0, 0.1) is 0 Å². The first-order valence-electron chi connectivity index (χ1n) is 4.48. The monoisotopic (exact) mass is 193 g/mol. The van der Waals surface area contributed by atoms with Crippen molar-refractivity contribution < 1.29 is 8.42 Å². The highest BCUT2D eigenvalue weighted by Crippen LogP contribution is 2.04. The second kappa shape index (κ2) is 5.54. The van der Waals surface area contributed by atoms with Gasteiger partial charge in [-0.1, -0.05) is 26.2 Å². The highest BCUT2D eigenvalue weighted by molar-refractivity contribution is 7.91. The zero-order valence-corrected chi connectivity index (χ0v) is 8.73. The first kappa shape index (κ1) is 11.9. The average molecular weight is 193 g/mol. The maximum absolute atomic E-state index is 11.2. The molecule has 4 heteroatoms. The Morgan fingerprint density at radius 3 is 2.25 bits per heavy atom. The molecule has 1 atom stereocenters. The van der Waals surface area contributed by atoms with E-state index in [2.05, 4.69) is 6.92 Å². The summed E-state index contributed by atoms with van der Waals surface area (Å²) in [6.07, 6.45) is 3.97. The summed E-state index contributed by atoms with van der Waals surface area (Å²) < 4.78 is 22.3. The molecule has 0 spiro atoms. The van der Waals surface area contributed by atoms with Gasteiger partial charge in [0, 0.05) is 0 Å². The highest BCUT2D eigenvalue weighted by atomic mass is 32.2. The summed E-state index contributed by atoms with van der Waals surface area (Å²) in [5.74, 6) is 0.241. The Balaban J connectivity index is 3.63. The summed E-state index contributed by atoms with van der Waals surface area (Å²) >= 11 is 0. The van der Waals surface area contributed by atoms with E-state index in [4.69, 9.17) is 5.73 Å². The minimum Gasteiger partial charge on any atom is -0.315 e. The fourth-order valence-electron chi connectivity index (χ4n) is 0.916. The van der Waals surface area contributed by atoms with Gasteiger partial charge in [0.1, 0.15) is 5.37 Å². The molecule has 0 aliphatic carbocycles. The van der Waals surface area contributed by atoms with Crippen molar-refractivity contribution >= 4 is 9.84 Å². The summed E-state index contributed by atoms with van der Waals surface area (Å²) in [4.78, 5) is 0. The van der Waals surface area contributed by atoms with Gasteiger partial charge >= 0.3 is 0 Å². The number of nitrogens with two attached hydrogens (primary N) is 1. The summed E-state index contributed by atoms with van der Waals surface area (Å²) in [7, 11) is -3.00. The average Bonchev–Trinajstić information content (AvgIpc) is 1.98. The summed E-state index contributed by atoms with van der Waals surface area (Å²) in [5, 5.41) is -0.709. The number of hydrogen-bond donors (Lipinski definition) is 1. The molecule has 3 nitrogen and oxygen atoms in total. The molecule has 74 valence electrons. The zero-order chi connectivity index (χ0) is 9.61. The predicted octanol–water partition coefficient (Wildman–Crippen LogP) is 1.29. The van der Waals surface area contributed by atoms with Gasteiger partial charge in [0.25, 0.3) is 0 Å². The molecule has 0 aromatic heterocycles. The van der Waals surface area contributed by atoms with Crippen molar-refractivity contribution in [3.8, 4) is 0 Å². The number of rotatable bonds is 6. The van der Waals surface area contributed by atoms with Gasteiger partial charge in [-0.2, -0.15) is 0 Å². The topological polar surface area (TPSA) is 60.2 Å². The normalized spacial score (nSPS) is 14.6. The lowest BCUT2D eigenvalue weighted by atomic mass is 10.2. The Hall–Kier alpha value is -0.0900. The second-order valence-corrected chi connectivity index (χ2v) is 5.61. The van der Waals surface area contributed by atoms with Gasteiger partial charge < -0.3 is 5.73 Å². The maximum Gasteiger partial charge on any atom is 0.165 e. The van der Waals surface area contributed by atoms with Crippen LogP contribution in [-0.4, -0.2) is 19.5 Å². The standard InChI is InChI=1S/C8H19NO2S/c1-3-4-5-6-7-12(10,11)8(2)9/h8H,3-7,9H2,1-2H3. The molecule has 0 saturated carbocycles. The molecule has 0 bridgehead atoms. The SMILES string of the molecule is CCCCCCS(=O)(=O)C(C)N. The molecule has 0 aliphatic heterocycles. The van der Waals surface area contributed by atoms with E-state index in [0.29, 0.717) is 0 Å². The van der Waals surface area contributed by atoms with Crippen molar-refractivity contribution in [2.24, 2.45) is 5.73 Å². The van der Waals surface area contributed by atoms with Crippen LogP contribution in [0.2, 0.25) is 0 Å². The number of unbranched alkanes of at least 4 members (excludes halogenated alkanes) is 3. The highest BCUT2D eigenvalue weighted by Gasteiger charge is 2.14. The van der Waals surface area contributed by atoms with Gasteiger partial charge in [-0.05, 0) is 13.3 Å². The second-order valence-electron chi connectivity index (χ2n) is 3.13. The molecule has 0 aliphatic rings. The lowest BCUT2D eigenvalue weighted by molar-refractivity contribution is 0.578. The predicted molar refractivity (Wildman–Crippen MR) is 51.6 cm³/mol. The largest absolute Gasteiger partial charge is 0.315 e. The fourth-order valence-corrected chi connectivity index (χ4v) is 1.89. The molecule has 0 rings (SSSR count). The van der Waals surface area contributed by atoms with Crippen LogP contribution >= 0.6 is 0 Å². The molecule has 0 radical (unpaired) electrons. The molecule has 1 unspecified atom stereocenters. The summed E-state index contributed by atoms with van der Waals surface area (Å²) in [6.45, 7) is 3.62. The van der Waals surface area contributed by atoms with Crippen molar-refractivity contribution in [2.45, 2.75) is 44.9 Å². The third-order valence-electron chi connectivity index (χ3n) is 1.85. The van der Waals surface area contributed by atoms with E-state index < -0.39 is 15.2 Å². The van der Waals surface area contributed by atoms with Crippen LogP contribution in [0.1, 0.15) is 39.5 Å². The maximum atomic E-state index is 11.2. The van der Waals surface area contributed by atoms with Crippen molar-refractivity contribution in [3.63, 3.8) is 0 Å². The molecule has 0 heterocycles. The molecule has 2 N–H and O–H groups in total. The Bertz CT molecular complexity index is 197. The van der Waals surface area contributed by atoms with Crippen LogP contribution < -0.4 is 5.73 Å². The Kier molecular flexibility index (Phi) is 5.50. The lowest BCUT2D eigenvalue weighted by Gasteiger charge is -2.06. The molecule has 12 heavy (non-hydrogen) atoms. The van der Waals surface area contributed by atoms with Gasteiger partial charge in [-0.15, -0.1) is 0 Å². The van der Waals surface area contributed by atoms with Crippen LogP contribution in [0.5, 0.6) is 0 Å². The van der Waals surface area contributed by atoms with E-state index in [1.54, 1.807) is 0 Å². The zero-order valence-electron chi connectivity index (χ0n) is 7.91. The molecular formula is C8H19NO2S. The van der Waals surface area contributed by atoms with E-state index in [0.717, 1.165) is 25.7 Å². The third-order valence-corrected chi connectivity index (χ3v) is 3.84. The van der Waals surface area contributed by atoms with E-state index in [1.165, 1.54) is 6.92 Å². The Morgan fingerprint density at radius 1 is 1.25 bits per heavy atom. The smallest absolute Gasteiger partial charge is 0.165 e. The molecule has 0 aromatic carbocycles. The number of sulfone groups is 1. The summed E-state index contributed by atoms with van der Waals surface area (Å²) in [6, 6.07) is 0. The Labute approximate surface area is 75.3 Å². The van der Waals surface area contributed by atoms with Crippen molar-refractivity contribution in [3.05, 3.63) is 0 Å². The Morgan fingerprint density at radius 2 is 1.83 bits per heavy atom. The van der Waals surface area contributed by atoms with Crippen molar-refractivity contribution in [1.29, 1.82) is 0 Å². The third kappa shape index (κ3) is 4.72. The van der Waals surface area contributed by atoms with Crippen molar-refractivity contribution in [2.75, 3.05) is 5.75 Å². The molecule has 0 fully saturated rings. The fraction of sp³-hybridized carbons (Fsp3) is 1.00. The van der Waals surface area contributed by atoms with E-state index in [-0.39, 0.29) is 5.75 Å². The first-order valence-corrected chi connectivity index (χ1v) is 6.19. The minimum absolute atomic E-state index is 0.241. The quantitative estimate of drug-likeness (QED) is 0.646. The van der Waals surface area contributed by atoms with Gasteiger partial charge in [0.05, 0.1) is 5.75 Å².